The van der Waals surface area contributed by atoms with Crippen LogP contribution in [0.5, 0.6) is 0 Å². The third kappa shape index (κ3) is 4.76. The minimum Gasteiger partial charge on any atom is -0.401 e. The first-order valence-electron chi connectivity index (χ1n) is 7.95. The van der Waals surface area contributed by atoms with Gasteiger partial charge < -0.3 is 4.42 Å². The number of carbonyl (C=O) groups excluding carboxylic acids is 1. The van der Waals surface area contributed by atoms with Crippen molar-refractivity contribution in [1.82, 2.24) is 20.0 Å². The molecule has 9 nitrogen and oxygen atoms in total. The number of aromatic nitrogens is 4. The second-order valence-electron chi connectivity index (χ2n) is 5.71. The van der Waals surface area contributed by atoms with E-state index in [1.165, 1.54) is 12.1 Å². The van der Waals surface area contributed by atoms with E-state index in [1.54, 1.807) is 24.0 Å². The Balaban J connectivity index is 1.51. The summed E-state index contributed by atoms with van der Waals surface area (Å²) in [6.07, 6.45) is 1.74. The standard InChI is InChI=1S/C16H16FN5O4S/c1-22-9-8-13(21-22)15-19-20-16(26-15)18-14(23)3-2-10-27(24,25)12-6-4-11(17)5-7-12/h4-9H,2-3,10H2,1H3,(H,18,20,23). The maximum atomic E-state index is 12.9. The lowest BCUT2D eigenvalue weighted by Crippen LogP contribution is -2.14. The second kappa shape index (κ2) is 7.66. The van der Waals surface area contributed by atoms with Crippen molar-refractivity contribution in [2.24, 2.45) is 7.05 Å². The number of nitrogens with zero attached hydrogens (tertiary/aromatic N) is 4. The lowest BCUT2D eigenvalue weighted by atomic mass is 10.3. The van der Waals surface area contributed by atoms with Gasteiger partial charge in [-0.25, -0.2) is 12.8 Å². The van der Waals surface area contributed by atoms with Crippen LogP contribution < -0.4 is 5.32 Å². The number of nitrogens with one attached hydrogen (secondary N) is 1. The molecule has 0 saturated carbocycles. The fourth-order valence-corrected chi connectivity index (χ4v) is 3.58. The van der Waals surface area contributed by atoms with E-state index in [2.05, 4.69) is 20.6 Å². The number of rotatable bonds is 7. The van der Waals surface area contributed by atoms with Crippen LogP contribution in [0.15, 0.2) is 45.8 Å². The Hall–Kier alpha value is -3.08. The van der Waals surface area contributed by atoms with Crippen LogP contribution in [0.2, 0.25) is 0 Å². The summed E-state index contributed by atoms with van der Waals surface area (Å²) >= 11 is 0. The SMILES string of the molecule is Cn1ccc(-c2nnc(NC(=O)CCCS(=O)(=O)c3ccc(F)cc3)o2)n1. The van der Waals surface area contributed by atoms with Gasteiger partial charge in [-0.1, -0.05) is 5.10 Å². The Labute approximate surface area is 154 Å². The summed E-state index contributed by atoms with van der Waals surface area (Å²) in [5, 5.41) is 14.0. The molecule has 3 rings (SSSR count). The number of hydrogen-bond donors (Lipinski definition) is 1. The van der Waals surface area contributed by atoms with Gasteiger partial charge in [0.2, 0.25) is 5.91 Å². The number of aryl methyl sites for hydroxylation is 1. The van der Waals surface area contributed by atoms with E-state index in [9.17, 15) is 17.6 Å². The molecule has 0 fully saturated rings. The van der Waals surface area contributed by atoms with Gasteiger partial charge in [0.15, 0.2) is 9.84 Å². The van der Waals surface area contributed by atoms with Gasteiger partial charge >= 0.3 is 6.01 Å². The summed E-state index contributed by atoms with van der Waals surface area (Å²) in [6.45, 7) is 0. The van der Waals surface area contributed by atoms with Crippen LogP contribution >= 0.6 is 0 Å². The van der Waals surface area contributed by atoms with E-state index in [0.29, 0.717) is 5.69 Å². The van der Waals surface area contributed by atoms with Gasteiger partial charge in [-0.05, 0) is 36.8 Å². The van der Waals surface area contributed by atoms with Gasteiger partial charge in [-0.2, -0.15) is 5.10 Å². The van der Waals surface area contributed by atoms with Crippen molar-refractivity contribution in [3.05, 3.63) is 42.3 Å². The van der Waals surface area contributed by atoms with Gasteiger partial charge in [-0.15, -0.1) is 5.10 Å². The molecule has 1 aromatic carbocycles. The highest BCUT2D eigenvalue weighted by molar-refractivity contribution is 7.91. The molecule has 1 amide bonds. The molecule has 1 N–H and O–H groups in total. The van der Waals surface area contributed by atoms with Crippen LogP contribution in [0.1, 0.15) is 12.8 Å². The number of benzene rings is 1. The van der Waals surface area contributed by atoms with E-state index in [0.717, 1.165) is 12.1 Å². The van der Waals surface area contributed by atoms with E-state index in [1.807, 2.05) is 0 Å². The van der Waals surface area contributed by atoms with E-state index in [4.69, 9.17) is 4.42 Å². The molecule has 0 aliphatic rings. The van der Waals surface area contributed by atoms with Crippen molar-refractivity contribution in [2.75, 3.05) is 11.1 Å². The van der Waals surface area contributed by atoms with Gasteiger partial charge in [0.25, 0.3) is 5.89 Å². The maximum Gasteiger partial charge on any atom is 0.322 e. The molecule has 0 saturated heterocycles. The lowest BCUT2D eigenvalue weighted by molar-refractivity contribution is -0.116. The average molecular weight is 393 g/mol. The first-order valence-corrected chi connectivity index (χ1v) is 9.60. The predicted octanol–water partition coefficient (Wildman–Crippen LogP) is 1.80. The van der Waals surface area contributed by atoms with Crippen molar-refractivity contribution in [2.45, 2.75) is 17.7 Å². The number of hydrogen-bond acceptors (Lipinski definition) is 7. The average Bonchev–Trinajstić information content (AvgIpc) is 3.24. The molecule has 0 unspecified atom stereocenters. The first kappa shape index (κ1) is 18.7. The summed E-state index contributed by atoms with van der Waals surface area (Å²) in [4.78, 5) is 11.9. The van der Waals surface area contributed by atoms with Crippen molar-refractivity contribution in [3.63, 3.8) is 0 Å². The Morgan fingerprint density at radius 1 is 1.22 bits per heavy atom. The normalized spacial score (nSPS) is 11.5. The van der Waals surface area contributed by atoms with Crippen LogP contribution in [0, 0.1) is 5.82 Å². The third-order valence-electron chi connectivity index (χ3n) is 3.59. The molecule has 27 heavy (non-hydrogen) atoms. The molecular weight excluding hydrogens is 377 g/mol. The van der Waals surface area contributed by atoms with Gasteiger partial charge in [0, 0.05) is 19.7 Å². The highest BCUT2D eigenvalue weighted by Crippen LogP contribution is 2.18. The highest BCUT2D eigenvalue weighted by Gasteiger charge is 2.17. The van der Waals surface area contributed by atoms with Crippen molar-refractivity contribution in [1.29, 1.82) is 0 Å². The molecule has 0 bridgehead atoms. The third-order valence-corrected chi connectivity index (χ3v) is 5.41. The molecule has 0 spiro atoms. The summed E-state index contributed by atoms with van der Waals surface area (Å²) < 4.78 is 44.0. The topological polar surface area (TPSA) is 120 Å². The van der Waals surface area contributed by atoms with Crippen molar-refractivity contribution < 1.29 is 22.0 Å². The van der Waals surface area contributed by atoms with E-state index in [-0.39, 0.29) is 35.4 Å². The van der Waals surface area contributed by atoms with Crippen LogP contribution in [0.3, 0.4) is 0 Å². The summed E-state index contributed by atoms with van der Waals surface area (Å²) in [5.74, 6) is -1.06. The molecule has 2 aromatic heterocycles. The molecule has 2 heterocycles. The smallest absolute Gasteiger partial charge is 0.322 e. The predicted molar refractivity (Wildman–Crippen MR) is 92.8 cm³/mol. The number of anilines is 1. The Morgan fingerprint density at radius 3 is 2.63 bits per heavy atom. The lowest BCUT2D eigenvalue weighted by Gasteiger charge is -2.04. The zero-order valence-corrected chi connectivity index (χ0v) is 15.1. The molecule has 0 radical (unpaired) electrons. The molecule has 3 aromatic rings. The zero-order valence-electron chi connectivity index (χ0n) is 14.3. The maximum absolute atomic E-state index is 12.9. The molecule has 0 aliphatic carbocycles. The van der Waals surface area contributed by atoms with Crippen molar-refractivity contribution >= 4 is 21.8 Å². The minimum absolute atomic E-state index is 0.0150. The number of carbonyl (C=O) groups is 1. The largest absolute Gasteiger partial charge is 0.401 e. The Morgan fingerprint density at radius 2 is 1.96 bits per heavy atom. The molecule has 0 atom stereocenters. The van der Waals surface area contributed by atoms with E-state index < -0.39 is 21.6 Å². The van der Waals surface area contributed by atoms with Gasteiger partial charge in [0.1, 0.15) is 11.5 Å². The number of halogens is 1. The van der Waals surface area contributed by atoms with Crippen LogP contribution in [-0.2, 0) is 21.7 Å². The molecule has 11 heteroatoms. The fourth-order valence-electron chi connectivity index (χ4n) is 2.27. The second-order valence-corrected chi connectivity index (χ2v) is 7.82. The Kier molecular flexibility index (Phi) is 5.31. The summed E-state index contributed by atoms with van der Waals surface area (Å²) in [6, 6.07) is 6.13. The molecule has 0 aliphatic heterocycles. The Bertz CT molecular complexity index is 1040. The minimum atomic E-state index is -3.58. The zero-order chi connectivity index (χ0) is 19.4. The quantitative estimate of drug-likeness (QED) is 0.608. The highest BCUT2D eigenvalue weighted by atomic mass is 32.2. The first-order chi connectivity index (χ1) is 12.8. The van der Waals surface area contributed by atoms with Gasteiger partial charge in [-0.3, -0.25) is 14.8 Å². The fraction of sp³-hybridized carbons (Fsp3) is 0.250. The van der Waals surface area contributed by atoms with Crippen LogP contribution in [-0.4, -0.2) is 40.1 Å². The van der Waals surface area contributed by atoms with Crippen LogP contribution in [0.25, 0.3) is 11.6 Å². The summed E-state index contributed by atoms with van der Waals surface area (Å²) in [5.41, 5.74) is 0.468. The molecule has 142 valence electrons. The number of amides is 1. The van der Waals surface area contributed by atoms with Gasteiger partial charge in [0.05, 0.1) is 10.6 Å². The van der Waals surface area contributed by atoms with Crippen molar-refractivity contribution in [3.8, 4) is 11.6 Å². The monoisotopic (exact) mass is 393 g/mol. The number of sulfone groups is 1. The van der Waals surface area contributed by atoms with E-state index >= 15 is 0 Å². The molecular formula is C16H16FN5O4S. The van der Waals surface area contributed by atoms with Crippen LogP contribution in [0.4, 0.5) is 10.4 Å². The summed E-state index contributed by atoms with van der Waals surface area (Å²) in [7, 11) is -1.85.